The van der Waals surface area contributed by atoms with Crippen LogP contribution in [0.3, 0.4) is 0 Å². The second-order valence-corrected chi connectivity index (χ2v) is 12.0. The topological polar surface area (TPSA) is 70.1 Å². The number of halogens is 2. The molecule has 4 rings (SSSR count). The van der Waals surface area contributed by atoms with Crippen molar-refractivity contribution < 1.29 is 14.6 Å². The number of thiazole rings is 1. The molecule has 10 heteroatoms. The molecule has 4 unspecified atom stereocenters. The largest absolute Gasteiger partial charge is 0.378 e. The van der Waals surface area contributed by atoms with Crippen molar-refractivity contribution in [2.45, 2.75) is 31.8 Å². The van der Waals surface area contributed by atoms with E-state index in [4.69, 9.17) is 37.7 Å². The maximum atomic E-state index is 10.9. The molecule has 222 valence electrons. The number of nitrogens with one attached hydrogen (secondary N) is 1. The van der Waals surface area contributed by atoms with Gasteiger partial charge in [0, 0.05) is 70.3 Å². The minimum absolute atomic E-state index is 0.0746. The zero-order chi connectivity index (χ0) is 29.4. The summed E-state index contributed by atoms with van der Waals surface area (Å²) in [6.07, 6.45) is 10.2. The van der Waals surface area contributed by atoms with E-state index in [-0.39, 0.29) is 18.1 Å². The van der Waals surface area contributed by atoms with Gasteiger partial charge in [-0.25, -0.2) is 4.98 Å². The number of rotatable bonds is 12. The number of ether oxygens (including phenoxy) is 2. The van der Waals surface area contributed by atoms with Crippen molar-refractivity contribution in [1.82, 2.24) is 15.2 Å². The summed E-state index contributed by atoms with van der Waals surface area (Å²) in [4.78, 5) is 9.36. The van der Waals surface area contributed by atoms with Crippen LogP contribution in [0.4, 0.5) is 5.13 Å². The summed E-state index contributed by atoms with van der Waals surface area (Å²) >= 11 is 14.0. The molecule has 2 aromatic rings. The van der Waals surface area contributed by atoms with Crippen LogP contribution in [0.25, 0.3) is 11.3 Å². The van der Waals surface area contributed by atoms with Crippen molar-refractivity contribution in [2.24, 2.45) is 5.92 Å². The average Bonchev–Trinajstić information content (AvgIpc) is 3.50. The lowest BCUT2D eigenvalue weighted by atomic mass is 9.88. The highest BCUT2D eigenvalue weighted by Gasteiger charge is 2.32. The number of methoxy groups -OCH3 is 2. The molecule has 7 nitrogen and oxygen atoms in total. The molecule has 1 aromatic heterocycles. The normalized spacial score (nSPS) is 23.0. The number of hydrogen-bond acceptors (Lipinski definition) is 8. The lowest BCUT2D eigenvalue weighted by Gasteiger charge is -2.36. The van der Waals surface area contributed by atoms with Crippen molar-refractivity contribution in [3.8, 4) is 11.3 Å². The van der Waals surface area contributed by atoms with E-state index in [2.05, 4.69) is 33.8 Å². The number of hydrogen-bond donors (Lipinski definition) is 2. The van der Waals surface area contributed by atoms with Crippen LogP contribution in [0.2, 0.25) is 10.0 Å². The van der Waals surface area contributed by atoms with Gasteiger partial charge < -0.3 is 24.8 Å². The molecule has 1 aliphatic carbocycles. The molecular formula is C31H40Cl2N4O3S. The fraction of sp³-hybridized carbons (Fsp3) is 0.452. The summed E-state index contributed by atoms with van der Waals surface area (Å²) in [5, 5.41) is 18.1. The molecule has 2 N–H and O–H groups in total. The molecule has 0 amide bonds. The van der Waals surface area contributed by atoms with Gasteiger partial charge in [0.1, 0.15) is 12.3 Å². The molecule has 1 fully saturated rings. The third kappa shape index (κ3) is 8.30. The first kappa shape index (κ1) is 31.9. The van der Waals surface area contributed by atoms with Gasteiger partial charge in [-0.1, -0.05) is 66.2 Å². The Hall–Kier alpha value is -2.01. The van der Waals surface area contributed by atoms with E-state index in [1.807, 2.05) is 42.7 Å². The summed E-state index contributed by atoms with van der Waals surface area (Å²) in [5.74, 6) is 0.199. The van der Waals surface area contributed by atoms with Gasteiger partial charge in [-0.05, 0) is 36.6 Å². The van der Waals surface area contributed by atoms with Crippen molar-refractivity contribution in [3.05, 3.63) is 81.7 Å². The molecule has 1 saturated heterocycles. The van der Waals surface area contributed by atoms with Gasteiger partial charge in [-0.3, -0.25) is 4.90 Å². The van der Waals surface area contributed by atoms with Crippen LogP contribution in [0.15, 0.2) is 71.7 Å². The highest BCUT2D eigenvalue weighted by molar-refractivity contribution is 7.14. The Labute approximate surface area is 257 Å². The summed E-state index contributed by atoms with van der Waals surface area (Å²) in [6.45, 7) is 10.8. The Kier molecular flexibility index (Phi) is 12.0. The quantitative estimate of drug-likeness (QED) is 0.230. The average molecular weight is 620 g/mol. The second kappa shape index (κ2) is 15.5. The van der Waals surface area contributed by atoms with Gasteiger partial charge in [0.25, 0.3) is 0 Å². The van der Waals surface area contributed by atoms with E-state index in [0.29, 0.717) is 23.1 Å². The number of benzene rings is 1. The number of aliphatic hydroxyl groups excluding tert-OH is 1. The number of allylic oxidation sites excluding steroid dienone is 3. The predicted molar refractivity (Wildman–Crippen MR) is 171 cm³/mol. The Morgan fingerprint density at radius 1 is 1.24 bits per heavy atom. The minimum atomic E-state index is -0.606. The molecule has 1 aromatic carbocycles. The van der Waals surface area contributed by atoms with Crippen molar-refractivity contribution in [2.75, 3.05) is 58.4 Å². The van der Waals surface area contributed by atoms with Gasteiger partial charge in [-0.15, -0.1) is 11.3 Å². The van der Waals surface area contributed by atoms with Gasteiger partial charge in [0.15, 0.2) is 5.13 Å². The van der Waals surface area contributed by atoms with E-state index in [0.717, 1.165) is 60.1 Å². The molecule has 2 heterocycles. The van der Waals surface area contributed by atoms with Crippen LogP contribution in [0.1, 0.15) is 13.3 Å². The maximum absolute atomic E-state index is 10.9. The van der Waals surface area contributed by atoms with Gasteiger partial charge in [0.2, 0.25) is 0 Å². The van der Waals surface area contributed by atoms with Crippen molar-refractivity contribution >= 4 is 39.7 Å². The molecule has 1 aliphatic heterocycles. The van der Waals surface area contributed by atoms with Crippen LogP contribution in [-0.2, 0) is 9.47 Å². The van der Waals surface area contributed by atoms with E-state index < -0.39 is 6.23 Å². The smallest absolute Gasteiger partial charge is 0.186 e. The zero-order valence-corrected chi connectivity index (χ0v) is 26.3. The molecular weight excluding hydrogens is 579 g/mol. The summed E-state index contributed by atoms with van der Waals surface area (Å²) < 4.78 is 11.6. The van der Waals surface area contributed by atoms with Crippen LogP contribution < -0.4 is 10.2 Å². The Bertz CT molecular complexity index is 1260. The molecule has 0 radical (unpaired) electrons. The molecule has 0 bridgehead atoms. The number of nitrogens with zero attached hydrogens (tertiary/aromatic N) is 3. The summed E-state index contributed by atoms with van der Waals surface area (Å²) in [7, 11) is 3.46. The lowest BCUT2D eigenvalue weighted by Crippen LogP contribution is -2.48. The first-order chi connectivity index (χ1) is 19.8. The lowest BCUT2D eigenvalue weighted by molar-refractivity contribution is -0.0458. The number of anilines is 1. The van der Waals surface area contributed by atoms with E-state index in [9.17, 15) is 5.11 Å². The Balaban J connectivity index is 1.60. The first-order valence-electron chi connectivity index (χ1n) is 13.8. The summed E-state index contributed by atoms with van der Waals surface area (Å²) in [6, 6.07) is 5.57. The van der Waals surface area contributed by atoms with Crippen LogP contribution in [0.5, 0.6) is 0 Å². The number of piperazine rings is 1. The van der Waals surface area contributed by atoms with E-state index in [1.165, 1.54) is 0 Å². The van der Waals surface area contributed by atoms with E-state index in [1.54, 1.807) is 31.6 Å². The monoisotopic (exact) mass is 618 g/mol. The summed E-state index contributed by atoms with van der Waals surface area (Å²) in [5.41, 5.74) is 3.67. The van der Waals surface area contributed by atoms with Crippen LogP contribution in [-0.4, -0.2) is 86.9 Å². The van der Waals surface area contributed by atoms with Crippen molar-refractivity contribution in [1.29, 1.82) is 0 Å². The van der Waals surface area contributed by atoms with Crippen LogP contribution >= 0.6 is 34.5 Å². The molecule has 0 saturated carbocycles. The standard InChI is InChI=1S/C31H40Cl2N4O3S/c1-5-22(10-9-21(2)30(38)36-15-13-34-14-16-36)18-37(19-24-7-6-8-28(39-3)29(24)40-4)31-35-27(20-41-31)23-11-12-25(32)26(33)17-23/h5-6,8-12,17,20,24,28-30,34,38H,1,7,13-16,18-19H2,2-4H3/b21-9+,22-10+. The molecule has 0 spiro atoms. The fourth-order valence-corrected chi connectivity index (χ4v) is 6.40. The van der Waals surface area contributed by atoms with Crippen LogP contribution in [0, 0.1) is 5.92 Å². The third-order valence-corrected chi connectivity index (χ3v) is 9.27. The number of aromatic nitrogens is 1. The number of aliphatic hydroxyl groups is 1. The highest BCUT2D eigenvalue weighted by atomic mass is 35.5. The minimum Gasteiger partial charge on any atom is -0.378 e. The Morgan fingerprint density at radius 2 is 2.02 bits per heavy atom. The molecule has 2 aliphatic rings. The first-order valence-corrected chi connectivity index (χ1v) is 15.5. The predicted octanol–water partition coefficient (Wildman–Crippen LogP) is 5.81. The third-order valence-electron chi connectivity index (χ3n) is 7.63. The molecule has 4 atom stereocenters. The van der Waals surface area contributed by atoms with E-state index >= 15 is 0 Å². The molecule has 41 heavy (non-hydrogen) atoms. The van der Waals surface area contributed by atoms with Gasteiger partial charge >= 0.3 is 0 Å². The zero-order valence-electron chi connectivity index (χ0n) is 23.9. The second-order valence-electron chi connectivity index (χ2n) is 10.4. The SMILES string of the molecule is C=C/C(=C\C=C(/C)C(O)N1CCNCC1)CN(CC1CC=CC(OC)C1OC)c1nc(-c2ccc(Cl)c(Cl)c2)cs1. The van der Waals surface area contributed by atoms with Crippen molar-refractivity contribution in [3.63, 3.8) is 0 Å². The van der Waals surface area contributed by atoms with Gasteiger partial charge in [0.05, 0.1) is 21.8 Å². The van der Waals surface area contributed by atoms with Gasteiger partial charge in [-0.2, -0.15) is 0 Å². The fourth-order valence-electron chi connectivity index (χ4n) is 5.25. The Morgan fingerprint density at radius 3 is 2.71 bits per heavy atom. The highest BCUT2D eigenvalue weighted by Crippen LogP contribution is 2.34. The maximum Gasteiger partial charge on any atom is 0.186 e.